The molecule has 1 N–H and O–H groups in total. The Morgan fingerprint density at radius 1 is 1.50 bits per heavy atom. The highest BCUT2D eigenvalue weighted by atomic mass is 16.5. The highest BCUT2D eigenvalue weighted by Gasteiger charge is 2.25. The largest absolute Gasteiger partial charge is 0.496 e. The van der Waals surface area contributed by atoms with Crippen molar-refractivity contribution >= 4 is 11.7 Å². The van der Waals surface area contributed by atoms with Gasteiger partial charge in [-0.1, -0.05) is 6.07 Å². The first kappa shape index (κ1) is 12.7. The number of carboxylic acid groups (broad SMARTS) is 1. The van der Waals surface area contributed by atoms with E-state index in [1.807, 2.05) is 25.1 Å². The number of hydrogen-bond acceptors (Lipinski definition) is 3. The third-order valence-corrected chi connectivity index (χ3v) is 3.53. The predicted octanol–water partition coefficient (Wildman–Crippen LogP) is 2.30. The van der Waals surface area contributed by atoms with Crippen molar-refractivity contribution in [3.63, 3.8) is 0 Å². The minimum atomic E-state index is -0.696. The molecule has 4 nitrogen and oxygen atoms in total. The fourth-order valence-electron chi connectivity index (χ4n) is 2.42. The smallest absolute Gasteiger partial charge is 0.308 e. The van der Waals surface area contributed by atoms with Crippen LogP contribution < -0.4 is 9.64 Å². The molecule has 0 aromatic heterocycles. The van der Waals surface area contributed by atoms with E-state index in [1.54, 1.807) is 7.11 Å². The Labute approximate surface area is 107 Å². The molecule has 1 aliphatic rings. The standard InChI is InChI=1S/C14H19NO3/c1-10-5-6-12(8-13(10)18-2)15-7-3-4-11(9-15)14(16)17/h5-6,8,11H,3-4,7,9H2,1-2H3,(H,16,17)/t11-/m1/s1. The van der Waals surface area contributed by atoms with Crippen LogP contribution in [0.2, 0.25) is 0 Å². The Balaban J connectivity index is 2.18. The molecule has 1 atom stereocenters. The van der Waals surface area contributed by atoms with Gasteiger partial charge in [-0.15, -0.1) is 0 Å². The zero-order valence-corrected chi connectivity index (χ0v) is 10.8. The molecule has 4 heteroatoms. The van der Waals surface area contributed by atoms with Gasteiger partial charge < -0.3 is 14.7 Å². The van der Waals surface area contributed by atoms with Crippen LogP contribution >= 0.6 is 0 Å². The minimum absolute atomic E-state index is 0.258. The number of carboxylic acids is 1. The van der Waals surface area contributed by atoms with Crippen molar-refractivity contribution in [2.24, 2.45) is 5.92 Å². The summed E-state index contributed by atoms with van der Waals surface area (Å²) < 4.78 is 5.31. The van der Waals surface area contributed by atoms with E-state index in [2.05, 4.69) is 4.90 Å². The number of carbonyl (C=O) groups is 1. The summed E-state index contributed by atoms with van der Waals surface area (Å²) in [6.07, 6.45) is 1.70. The lowest BCUT2D eigenvalue weighted by Crippen LogP contribution is -2.38. The van der Waals surface area contributed by atoms with Gasteiger partial charge in [0.05, 0.1) is 13.0 Å². The molecule has 1 aromatic rings. The zero-order chi connectivity index (χ0) is 13.1. The van der Waals surface area contributed by atoms with Crippen LogP contribution in [0.15, 0.2) is 18.2 Å². The third kappa shape index (κ3) is 2.58. The average molecular weight is 249 g/mol. The van der Waals surface area contributed by atoms with Crippen molar-refractivity contribution in [3.8, 4) is 5.75 Å². The van der Waals surface area contributed by atoms with Crippen molar-refractivity contribution in [1.29, 1.82) is 0 Å². The van der Waals surface area contributed by atoms with Crippen LogP contribution in [0.4, 0.5) is 5.69 Å². The lowest BCUT2D eigenvalue weighted by Gasteiger charge is -2.32. The number of ether oxygens (including phenoxy) is 1. The summed E-state index contributed by atoms with van der Waals surface area (Å²) in [7, 11) is 1.66. The molecule has 2 rings (SSSR count). The fourth-order valence-corrected chi connectivity index (χ4v) is 2.42. The van der Waals surface area contributed by atoms with E-state index in [-0.39, 0.29) is 5.92 Å². The molecule has 98 valence electrons. The molecule has 0 spiro atoms. The first-order valence-electron chi connectivity index (χ1n) is 6.24. The maximum Gasteiger partial charge on any atom is 0.308 e. The van der Waals surface area contributed by atoms with Crippen LogP contribution in [0, 0.1) is 12.8 Å². The number of hydrogen-bond donors (Lipinski definition) is 1. The average Bonchev–Trinajstić information content (AvgIpc) is 2.39. The molecule has 0 amide bonds. The van der Waals surface area contributed by atoms with E-state index >= 15 is 0 Å². The number of methoxy groups -OCH3 is 1. The van der Waals surface area contributed by atoms with Gasteiger partial charge >= 0.3 is 5.97 Å². The van der Waals surface area contributed by atoms with Gasteiger partial charge in [0.25, 0.3) is 0 Å². The number of benzene rings is 1. The van der Waals surface area contributed by atoms with Gasteiger partial charge in [0.1, 0.15) is 5.75 Å². The molecule has 1 fully saturated rings. The summed E-state index contributed by atoms with van der Waals surface area (Å²) in [6.45, 7) is 3.50. The highest BCUT2D eigenvalue weighted by Crippen LogP contribution is 2.28. The number of anilines is 1. The quantitative estimate of drug-likeness (QED) is 0.893. The molecule has 1 heterocycles. The van der Waals surface area contributed by atoms with Gasteiger partial charge in [0.2, 0.25) is 0 Å². The van der Waals surface area contributed by atoms with Crippen LogP contribution in [-0.2, 0) is 4.79 Å². The molecule has 0 aliphatic carbocycles. The van der Waals surface area contributed by atoms with Crippen molar-refractivity contribution < 1.29 is 14.6 Å². The maximum absolute atomic E-state index is 11.1. The van der Waals surface area contributed by atoms with Crippen molar-refractivity contribution in [1.82, 2.24) is 0 Å². The van der Waals surface area contributed by atoms with E-state index in [9.17, 15) is 4.79 Å². The number of nitrogens with zero attached hydrogens (tertiary/aromatic N) is 1. The Hall–Kier alpha value is -1.71. The summed E-state index contributed by atoms with van der Waals surface area (Å²) in [5.74, 6) is -0.102. The molecule has 0 unspecified atom stereocenters. The maximum atomic E-state index is 11.1. The molecule has 1 aliphatic heterocycles. The Morgan fingerprint density at radius 2 is 2.28 bits per heavy atom. The molecule has 18 heavy (non-hydrogen) atoms. The van der Waals surface area contributed by atoms with Gasteiger partial charge in [-0.2, -0.15) is 0 Å². The van der Waals surface area contributed by atoms with Gasteiger partial charge in [0.15, 0.2) is 0 Å². The second kappa shape index (κ2) is 5.29. The van der Waals surface area contributed by atoms with E-state index in [4.69, 9.17) is 9.84 Å². The van der Waals surface area contributed by atoms with Gasteiger partial charge in [0, 0.05) is 24.8 Å². The lowest BCUT2D eigenvalue weighted by molar-refractivity contribution is -0.141. The normalized spacial score (nSPS) is 19.7. The van der Waals surface area contributed by atoms with E-state index in [0.29, 0.717) is 6.54 Å². The molecule has 0 saturated carbocycles. The predicted molar refractivity (Wildman–Crippen MR) is 70.3 cm³/mol. The summed E-state index contributed by atoms with van der Waals surface area (Å²) in [5, 5.41) is 9.10. The SMILES string of the molecule is COc1cc(N2CCC[C@@H](C(=O)O)C2)ccc1C. The topological polar surface area (TPSA) is 49.8 Å². The second-order valence-electron chi connectivity index (χ2n) is 4.78. The van der Waals surface area contributed by atoms with Crippen LogP contribution in [0.25, 0.3) is 0 Å². The van der Waals surface area contributed by atoms with Crippen LogP contribution in [0.1, 0.15) is 18.4 Å². The number of aryl methyl sites for hydroxylation is 1. The monoisotopic (exact) mass is 249 g/mol. The van der Waals surface area contributed by atoms with Crippen LogP contribution in [0.3, 0.4) is 0 Å². The second-order valence-corrected chi connectivity index (χ2v) is 4.78. The van der Waals surface area contributed by atoms with Gasteiger partial charge in [-0.05, 0) is 31.4 Å². The lowest BCUT2D eigenvalue weighted by atomic mass is 9.97. The Kier molecular flexibility index (Phi) is 3.75. The van der Waals surface area contributed by atoms with Crippen LogP contribution in [0.5, 0.6) is 5.75 Å². The van der Waals surface area contributed by atoms with Crippen molar-refractivity contribution in [3.05, 3.63) is 23.8 Å². The molecule has 0 bridgehead atoms. The van der Waals surface area contributed by atoms with Crippen molar-refractivity contribution in [2.75, 3.05) is 25.1 Å². The Morgan fingerprint density at radius 3 is 2.94 bits per heavy atom. The molecule has 1 saturated heterocycles. The summed E-state index contributed by atoms with van der Waals surface area (Å²) in [4.78, 5) is 13.2. The summed E-state index contributed by atoms with van der Waals surface area (Å²) in [6, 6.07) is 6.03. The number of rotatable bonds is 3. The summed E-state index contributed by atoms with van der Waals surface area (Å²) in [5.41, 5.74) is 2.14. The highest BCUT2D eigenvalue weighted by molar-refractivity contribution is 5.71. The van der Waals surface area contributed by atoms with Crippen LogP contribution in [-0.4, -0.2) is 31.3 Å². The van der Waals surface area contributed by atoms with Crippen molar-refractivity contribution in [2.45, 2.75) is 19.8 Å². The third-order valence-electron chi connectivity index (χ3n) is 3.53. The molecular weight excluding hydrogens is 230 g/mol. The van der Waals surface area contributed by atoms with Gasteiger partial charge in [-0.3, -0.25) is 4.79 Å². The molecule has 1 aromatic carbocycles. The summed E-state index contributed by atoms with van der Waals surface area (Å²) >= 11 is 0. The Bertz CT molecular complexity index is 445. The first-order valence-corrected chi connectivity index (χ1v) is 6.24. The first-order chi connectivity index (χ1) is 8.61. The minimum Gasteiger partial charge on any atom is -0.496 e. The number of piperidine rings is 1. The molecular formula is C14H19NO3. The van der Waals surface area contributed by atoms with E-state index in [0.717, 1.165) is 36.4 Å². The van der Waals surface area contributed by atoms with E-state index in [1.165, 1.54) is 0 Å². The number of aliphatic carboxylic acids is 1. The van der Waals surface area contributed by atoms with Gasteiger partial charge in [-0.25, -0.2) is 0 Å². The fraction of sp³-hybridized carbons (Fsp3) is 0.500. The zero-order valence-electron chi connectivity index (χ0n) is 10.8. The molecule has 0 radical (unpaired) electrons. The van der Waals surface area contributed by atoms with E-state index < -0.39 is 5.97 Å².